The van der Waals surface area contributed by atoms with Crippen LogP contribution in [-0.2, 0) is 16.9 Å². The molecule has 5 rings (SSSR count). The second kappa shape index (κ2) is 13.3. The van der Waals surface area contributed by atoms with Gasteiger partial charge in [0.15, 0.2) is 0 Å². The number of aliphatic hydroxyl groups is 1. The molecule has 1 amide bonds. The first-order valence-electron chi connectivity index (χ1n) is 14.8. The molecule has 0 aliphatic carbocycles. The largest absolute Gasteiger partial charge is 0.462 e. The smallest absolute Gasteiger partial charge is 0.234 e. The van der Waals surface area contributed by atoms with E-state index in [4.69, 9.17) is 16.3 Å². The van der Waals surface area contributed by atoms with E-state index in [0.717, 1.165) is 71.8 Å². The zero-order valence-electron chi connectivity index (χ0n) is 24.7. The van der Waals surface area contributed by atoms with Gasteiger partial charge in [0.1, 0.15) is 12.0 Å². The molecule has 42 heavy (non-hydrogen) atoms. The summed E-state index contributed by atoms with van der Waals surface area (Å²) in [5.41, 5.74) is 5.08. The SMILES string of the molecule is CCNC(=O)CN(Cc1ccc(Cl)cc1)C1CCN(CC/C=C2/C3=CC=CNC3=COc3ccc(C(C)(C)O)cc32)C1. The number of nitrogens with one attached hydrogen (secondary N) is 2. The van der Waals surface area contributed by atoms with Gasteiger partial charge in [0, 0.05) is 54.6 Å². The molecule has 1 fully saturated rings. The van der Waals surface area contributed by atoms with Crippen LogP contribution in [0.3, 0.4) is 0 Å². The number of carbonyl (C=O) groups excluding carboxylic acids is 1. The van der Waals surface area contributed by atoms with E-state index in [0.29, 0.717) is 30.7 Å². The number of likely N-dealkylation sites (N-methyl/N-ethyl adjacent to an activating group) is 1. The van der Waals surface area contributed by atoms with E-state index in [1.807, 2.05) is 61.7 Å². The van der Waals surface area contributed by atoms with E-state index in [1.165, 1.54) is 0 Å². The minimum Gasteiger partial charge on any atom is -0.462 e. The molecule has 0 saturated carbocycles. The number of nitrogens with zero attached hydrogens (tertiary/aromatic N) is 2. The van der Waals surface area contributed by atoms with Crippen LogP contribution in [0.2, 0.25) is 5.02 Å². The number of benzene rings is 2. The van der Waals surface area contributed by atoms with Gasteiger partial charge >= 0.3 is 0 Å². The normalized spacial score (nSPS) is 19.4. The summed E-state index contributed by atoms with van der Waals surface area (Å²) in [5.74, 6) is 0.824. The van der Waals surface area contributed by atoms with E-state index in [1.54, 1.807) is 20.1 Å². The van der Waals surface area contributed by atoms with Crippen molar-refractivity contribution >= 4 is 23.1 Å². The number of halogens is 1. The molecule has 3 aliphatic heterocycles. The van der Waals surface area contributed by atoms with Crippen molar-refractivity contribution in [2.75, 3.05) is 32.7 Å². The molecule has 2 aromatic carbocycles. The Kier molecular flexibility index (Phi) is 9.53. The number of amides is 1. The fraction of sp³-hybridized carbons (Fsp3) is 0.382. The monoisotopic (exact) mass is 588 g/mol. The molecule has 3 N–H and O–H groups in total. The molecular formula is C34H41ClN4O3. The second-order valence-corrected chi connectivity index (χ2v) is 12.1. The molecule has 1 atom stereocenters. The maximum atomic E-state index is 12.6. The van der Waals surface area contributed by atoms with Crippen molar-refractivity contribution in [2.24, 2.45) is 0 Å². The van der Waals surface area contributed by atoms with Crippen molar-refractivity contribution in [3.63, 3.8) is 0 Å². The van der Waals surface area contributed by atoms with Gasteiger partial charge in [0.05, 0.1) is 17.8 Å². The van der Waals surface area contributed by atoms with Crippen molar-refractivity contribution in [3.05, 3.63) is 106 Å². The molecule has 8 heteroatoms. The number of ether oxygens (including phenoxy) is 1. The van der Waals surface area contributed by atoms with Gasteiger partial charge in [0.25, 0.3) is 0 Å². The molecule has 0 bridgehead atoms. The first-order chi connectivity index (χ1) is 20.2. The lowest BCUT2D eigenvalue weighted by Gasteiger charge is -2.28. The Hall–Kier alpha value is -3.36. The van der Waals surface area contributed by atoms with Crippen molar-refractivity contribution < 1.29 is 14.6 Å². The quantitative estimate of drug-likeness (QED) is 0.348. The van der Waals surface area contributed by atoms with Gasteiger partial charge < -0.3 is 25.4 Å². The van der Waals surface area contributed by atoms with Gasteiger partial charge in [-0.1, -0.05) is 42.0 Å². The minimum atomic E-state index is -0.960. The van der Waals surface area contributed by atoms with Gasteiger partial charge in [-0.25, -0.2) is 0 Å². The third kappa shape index (κ3) is 7.34. The average molecular weight is 589 g/mol. The summed E-state index contributed by atoms with van der Waals surface area (Å²) < 4.78 is 6.06. The third-order valence-electron chi connectivity index (χ3n) is 8.04. The number of likely N-dealkylation sites (tertiary alicyclic amines) is 1. The Balaban J connectivity index is 1.31. The Morgan fingerprint density at radius 1 is 1.26 bits per heavy atom. The van der Waals surface area contributed by atoms with Crippen molar-refractivity contribution in [1.82, 2.24) is 20.4 Å². The number of hydrogen-bond acceptors (Lipinski definition) is 6. The number of fused-ring (bicyclic) bond motifs is 2. The van der Waals surface area contributed by atoms with Gasteiger partial charge in [-0.3, -0.25) is 9.69 Å². The number of rotatable bonds is 10. The predicted octanol–water partition coefficient (Wildman–Crippen LogP) is 5.33. The summed E-state index contributed by atoms with van der Waals surface area (Å²) in [6.45, 7) is 10.1. The number of allylic oxidation sites excluding steroid dienone is 3. The fourth-order valence-corrected chi connectivity index (χ4v) is 5.90. The van der Waals surface area contributed by atoms with Crippen LogP contribution in [0.4, 0.5) is 0 Å². The highest BCUT2D eigenvalue weighted by atomic mass is 35.5. The molecular weight excluding hydrogens is 548 g/mol. The molecule has 1 unspecified atom stereocenters. The topological polar surface area (TPSA) is 77.1 Å². The van der Waals surface area contributed by atoms with E-state index in [2.05, 4.69) is 32.6 Å². The maximum absolute atomic E-state index is 12.6. The van der Waals surface area contributed by atoms with Crippen molar-refractivity contribution in [1.29, 1.82) is 0 Å². The summed E-state index contributed by atoms with van der Waals surface area (Å²) in [5, 5.41) is 17.7. The van der Waals surface area contributed by atoms with Crippen LogP contribution < -0.4 is 15.4 Å². The second-order valence-electron chi connectivity index (χ2n) is 11.6. The molecule has 222 valence electrons. The van der Waals surface area contributed by atoms with Gasteiger partial charge in [-0.05, 0) is 87.2 Å². The van der Waals surface area contributed by atoms with Crippen LogP contribution in [0.5, 0.6) is 5.75 Å². The van der Waals surface area contributed by atoms with E-state index >= 15 is 0 Å². The van der Waals surface area contributed by atoms with Crippen LogP contribution >= 0.6 is 11.6 Å². The van der Waals surface area contributed by atoms with Crippen molar-refractivity contribution in [3.8, 4) is 5.75 Å². The van der Waals surface area contributed by atoms with Crippen molar-refractivity contribution in [2.45, 2.75) is 51.8 Å². The Morgan fingerprint density at radius 2 is 2.07 bits per heavy atom. The van der Waals surface area contributed by atoms with E-state index in [-0.39, 0.29) is 5.91 Å². The summed E-state index contributed by atoms with van der Waals surface area (Å²) in [6.07, 6.45) is 11.9. The molecule has 0 radical (unpaired) electrons. The highest BCUT2D eigenvalue weighted by Gasteiger charge is 2.29. The molecule has 7 nitrogen and oxygen atoms in total. The lowest BCUT2D eigenvalue weighted by Crippen LogP contribution is -2.43. The number of carbonyl (C=O) groups is 1. The molecule has 3 aliphatic rings. The Morgan fingerprint density at radius 3 is 2.83 bits per heavy atom. The number of hydrogen-bond donors (Lipinski definition) is 3. The van der Waals surface area contributed by atoms with Crippen LogP contribution in [0, 0.1) is 0 Å². The van der Waals surface area contributed by atoms with Crippen LogP contribution in [0.1, 0.15) is 50.3 Å². The maximum Gasteiger partial charge on any atom is 0.234 e. The molecule has 2 aromatic rings. The van der Waals surface area contributed by atoms with E-state index < -0.39 is 5.60 Å². The predicted molar refractivity (Wildman–Crippen MR) is 169 cm³/mol. The molecule has 0 aromatic heterocycles. The van der Waals surface area contributed by atoms with Crippen LogP contribution in [-0.4, -0.2) is 59.6 Å². The van der Waals surface area contributed by atoms with E-state index in [9.17, 15) is 9.90 Å². The fourth-order valence-electron chi connectivity index (χ4n) is 5.77. The summed E-state index contributed by atoms with van der Waals surface area (Å²) in [6, 6.07) is 14.1. The first kappa shape index (κ1) is 30.1. The summed E-state index contributed by atoms with van der Waals surface area (Å²) >= 11 is 6.11. The zero-order valence-corrected chi connectivity index (χ0v) is 25.5. The Bertz CT molecular complexity index is 1400. The van der Waals surface area contributed by atoms with Gasteiger partial charge in [-0.2, -0.15) is 0 Å². The highest BCUT2D eigenvalue weighted by molar-refractivity contribution is 6.30. The highest BCUT2D eigenvalue weighted by Crippen LogP contribution is 2.40. The molecule has 1 saturated heterocycles. The average Bonchev–Trinajstić information content (AvgIpc) is 3.38. The van der Waals surface area contributed by atoms with Gasteiger partial charge in [0.2, 0.25) is 5.91 Å². The first-order valence-corrected chi connectivity index (χ1v) is 15.1. The molecule has 0 spiro atoms. The third-order valence-corrected chi connectivity index (χ3v) is 8.29. The minimum absolute atomic E-state index is 0.0570. The Labute approximate surface area is 254 Å². The standard InChI is InChI=1S/C34H41ClN4O3/c1-4-36-33(40)22-39(20-24-9-12-26(35)13-10-24)27-15-18-38(21-27)17-6-8-28-29-7-5-16-37-31(29)23-42-32-14-11-25(19-30(28)32)34(2,3)41/h5,7-14,16,19,23,27,37,41H,4,6,15,17-18,20-22H2,1-3H3,(H,36,40)/b28-8-. The van der Waals surface area contributed by atoms with Gasteiger partial charge in [-0.15, -0.1) is 0 Å². The lowest BCUT2D eigenvalue weighted by molar-refractivity contribution is -0.122. The summed E-state index contributed by atoms with van der Waals surface area (Å²) in [4.78, 5) is 17.4. The lowest BCUT2D eigenvalue weighted by atomic mass is 9.89. The molecule has 3 heterocycles. The number of dihydropyridines is 1. The van der Waals surface area contributed by atoms with Crippen LogP contribution in [0.25, 0.3) is 5.57 Å². The van der Waals surface area contributed by atoms with Crippen LogP contribution in [0.15, 0.2) is 84.4 Å². The summed E-state index contributed by atoms with van der Waals surface area (Å²) in [7, 11) is 0. The zero-order chi connectivity index (χ0) is 29.7.